The number of benzene rings is 1. The summed E-state index contributed by atoms with van der Waals surface area (Å²) in [4.78, 5) is 38.5. The van der Waals surface area contributed by atoms with Crippen molar-refractivity contribution < 1.29 is 14.3 Å². The fourth-order valence-electron chi connectivity index (χ4n) is 4.10. The molecule has 34 heavy (non-hydrogen) atoms. The molecule has 1 aromatic carbocycles. The predicted octanol–water partition coefficient (Wildman–Crippen LogP) is 4.59. The molecule has 1 fully saturated rings. The summed E-state index contributed by atoms with van der Waals surface area (Å²) in [5, 5.41) is 0.778. The second-order valence-corrected chi connectivity index (χ2v) is 9.30. The van der Waals surface area contributed by atoms with E-state index in [0.29, 0.717) is 25.3 Å². The Balaban J connectivity index is 1.62. The fourth-order valence-corrected chi connectivity index (χ4v) is 4.93. The molecule has 0 radical (unpaired) electrons. The third kappa shape index (κ3) is 6.72. The lowest BCUT2D eigenvalue weighted by molar-refractivity contribution is -0.149. The van der Waals surface area contributed by atoms with Gasteiger partial charge in [0, 0.05) is 49.3 Å². The van der Waals surface area contributed by atoms with Gasteiger partial charge in [-0.25, -0.2) is 9.97 Å². The Labute approximate surface area is 207 Å². The molecule has 2 heterocycles. The Morgan fingerprint density at radius 2 is 1.85 bits per heavy atom. The summed E-state index contributed by atoms with van der Waals surface area (Å²) in [6, 6.07) is 9.79. The summed E-state index contributed by atoms with van der Waals surface area (Å²) in [5.74, 6) is 1.24. The van der Waals surface area contributed by atoms with Crippen molar-refractivity contribution in [2.75, 3.05) is 37.7 Å². The largest absolute Gasteiger partial charge is 0.466 e. The second-order valence-electron chi connectivity index (χ2n) is 8.35. The van der Waals surface area contributed by atoms with Gasteiger partial charge < -0.3 is 14.5 Å². The molecule has 1 unspecified atom stereocenters. The van der Waals surface area contributed by atoms with E-state index in [1.54, 1.807) is 23.6 Å². The number of aromatic nitrogens is 2. The molecule has 0 saturated carbocycles. The van der Waals surface area contributed by atoms with Gasteiger partial charge in [-0.1, -0.05) is 30.8 Å². The number of anilines is 1. The van der Waals surface area contributed by atoms with Crippen LogP contribution in [0.4, 0.5) is 5.82 Å². The van der Waals surface area contributed by atoms with Gasteiger partial charge in [0.2, 0.25) is 0 Å². The predicted molar refractivity (Wildman–Crippen MR) is 136 cm³/mol. The van der Waals surface area contributed by atoms with Crippen molar-refractivity contribution in [3.05, 3.63) is 47.2 Å². The van der Waals surface area contributed by atoms with E-state index in [2.05, 4.69) is 36.7 Å². The zero-order chi connectivity index (χ0) is 24.5. The first kappa shape index (κ1) is 26.0. The fraction of sp³-hybridized carbons (Fsp3) is 0.538. The Bertz CT molecular complexity index is 963. The third-order valence-corrected chi connectivity index (χ3v) is 7.01. The van der Waals surface area contributed by atoms with Gasteiger partial charge in [-0.2, -0.15) is 0 Å². The third-order valence-electron chi connectivity index (χ3n) is 6.09. The molecule has 1 aliphatic heterocycles. The minimum atomic E-state index is -0.228. The first-order valence-corrected chi connectivity index (χ1v) is 13.3. The minimum Gasteiger partial charge on any atom is -0.466 e. The molecule has 1 aliphatic rings. The number of ether oxygens (including phenoxy) is 1. The first-order chi connectivity index (χ1) is 16.5. The lowest BCUT2D eigenvalue weighted by Crippen LogP contribution is -2.42. The monoisotopic (exact) mass is 484 g/mol. The van der Waals surface area contributed by atoms with E-state index in [4.69, 9.17) is 9.72 Å². The molecule has 0 bridgehead atoms. The van der Waals surface area contributed by atoms with Crippen LogP contribution < -0.4 is 4.90 Å². The van der Waals surface area contributed by atoms with E-state index in [-0.39, 0.29) is 17.8 Å². The number of rotatable bonds is 10. The van der Waals surface area contributed by atoms with E-state index in [9.17, 15) is 9.59 Å². The van der Waals surface area contributed by atoms with E-state index >= 15 is 0 Å². The summed E-state index contributed by atoms with van der Waals surface area (Å²) < 4.78 is 5.15. The maximum absolute atomic E-state index is 13.0. The lowest BCUT2D eigenvalue weighted by Gasteiger charge is -2.31. The number of piperidine rings is 1. The van der Waals surface area contributed by atoms with E-state index in [0.717, 1.165) is 60.3 Å². The molecule has 0 N–H and O–H groups in total. The molecule has 3 rings (SSSR count). The highest BCUT2D eigenvalue weighted by atomic mass is 32.2. The van der Waals surface area contributed by atoms with Gasteiger partial charge in [0.1, 0.15) is 5.82 Å². The van der Waals surface area contributed by atoms with Crippen LogP contribution in [0, 0.1) is 5.92 Å². The number of carbonyl (C=O) groups is 2. The number of amides is 1. The zero-order valence-electron chi connectivity index (χ0n) is 20.7. The van der Waals surface area contributed by atoms with Crippen LogP contribution in [0.1, 0.15) is 62.2 Å². The second kappa shape index (κ2) is 12.7. The Morgan fingerprint density at radius 3 is 2.50 bits per heavy atom. The number of carbonyl (C=O) groups excluding carboxylic acids is 2. The molecular weight excluding hydrogens is 448 g/mol. The number of esters is 1. The van der Waals surface area contributed by atoms with Gasteiger partial charge in [-0.3, -0.25) is 9.59 Å². The molecule has 0 aliphatic carbocycles. The summed E-state index contributed by atoms with van der Waals surface area (Å²) >= 11 is 1.61. The van der Waals surface area contributed by atoms with Crippen LogP contribution in [0.25, 0.3) is 0 Å². The van der Waals surface area contributed by atoms with Crippen LogP contribution >= 0.6 is 11.8 Å². The maximum Gasteiger partial charge on any atom is 0.310 e. The maximum atomic E-state index is 13.0. The van der Waals surface area contributed by atoms with Crippen molar-refractivity contribution in [2.45, 2.75) is 57.9 Å². The molecule has 1 amide bonds. The van der Waals surface area contributed by atoms with Crippen molar-refractivity contribution >= 4 is 29.5 Å². The number of likely N-dealkylation sites (tertiary alicyclic amines) is 1. The van der Waals surface area contributed by atoms with Gasteiger partial charge in [0.05, 0.1) is 12.5 Å². The van der Waals surface area contributed by atoms with E-state index in [1.165, 1.54) is 0 Å². The smallest absolute Gasteiger partial charge is 0.310 e. The average molecular weight is 485 g/mol. The van der Waals surface area contributed by atoms with Gasteiger partial charge >= 0.3 is 5.97 Å². The molecule has 7 nitrogen and oxygen atoms in total. The SMILES string of the molecule is CCOC(=O)C1CCCN(C(=O)c2ccc(CSc3nc(CC)cc(N(CC)CC)n3)cc2)C1. The van der Waals surface area contributed by atoms with Crippen LogP contribution in [-0.4, -0.2) is 59.5 Å². The summed E-state index contributed by atoms with van der Waals surface area (Å²) in [6.07, 6.45) is 2.46. The summed E-state index contributed by atoms with van der Waals surface area (Å²) in [5.41, 5.74) is 2.80. The number of nitrogens with zero attached hydrogens (tertiary/aromatic N) is 4. The van der Waals surface area contributed by atoms with Gasteiger partial charge in [-0.15, -0.1) is 0 Å². The molecule has 0 spiro atoms. The van der Waals surface area contributed by atoms with Crippen LogP contribution in [0.3, 0.4) is 0 Å². The first-order valence-electron chi connectivity index (χ1n) is 12.3. The Hall–Kier alpha value is -2.61. The quantitative estimate of drug-likeness (QED) is 0.277. The van der Waals surface area contributed by atoms with Crippen LogP contribution in [0.2, 0.25) is 0 Å². The van der Waals surface area contributed by atoms with E-state index < -0.39 is 0 Å². The van der Waals surface area contributed by atoms with Crippen LogP contribution in [-0.2, 0) is 21.7 Å². The van der Waals surface area contributed by atoms with Crippen LogP contribution in [0.5, 0.6) is 0 Å². The molecule has 2 aromatic rings. The van der Waals surface area contributed by atoms with Crippen molar-refractivity contribution in [1.82, 2.24) is 14.9 Å². The average Bonchev–Trinajstić information content (AvgIpc) is 2.88. The standard InChI is InChI=1S/C26H36N4O3S/c1-5-22-16-23(29(6-2)7-3)28-26(27-22)34-18-19-11-13-20(14-12-19)24(31)30-15-9-10-21(17-30)25(32)33-8-4/h11-14,16,21H,5-10,15,17-18H2,1-4H3. The highest BCUT2D eigenvalue weighted by Gasteiger charge is 2.29. The molecule has 8 heteroatoms. The van der Waals surface area contributed by atoms with Gasteiger partial charge in [0.25, 0.3) is 5.91 Å². The van der Waals surface area contributed by atoms with Crippen molar-refractivity contribution in [3.8, 4) is 0 Å². The summed E-state index contributed by atoms with van der Waals surface area (Å²) in [6.45, 7) is 11.5. The Kier molecular flexibility index (Phi) is 9.74. The molecule has 1 saturated heterocycles. The van der Waals surface area contributed by atoms with E-state index in [1.807, 2.05) is 24.3 Å². The highest BCUT2D eigenvalue weighted by molar-refractivity contribution is 7.98. The summed E-state index contributed by atoms with van der Waals surface area (Å²) in [7, 11) is 0. The van der Waals surface area contributed by atoms with Crippen molar-refractivity contribution in [1.29, 1.82) is 0 Å². The molecular formula is C26H36N4O3S. The van der Waals surface area contributed by atoms with Crippen LogP contribution in [0.15, 0.2) is 35.5 Å². The topological polar surface area (TPSA) is 75.6 Å². The lowest BCUT2D eigenvalue weighted by atomic mass is 9.97. The number of aryl methyl sites for hydroxylation is 1. The number of hydrogen-bond donors (Lipinski definition) is 0. The van der Waals surface area contributed by atoms with Gasteiger partial charge in [-0.05, 0) is 57.7 Å². The molecule has 1 aromatic heterocycles. The number of hydrogen-bond acceptors (Lipinski definition) is 7. The molecule has 1 atom stereocenters. The normalized spacial score (nSPS) is 15.8. The Morgan fingerprint density at radius 1 is 1.12 bits per heavy atom. The molecule has 184 valence electrons. The number of thioether (sulfide) groups is 1. The van der Waals surface area contributed by atoms with Crippen molar-refractivity contribution in [3.63, 3.8) is 0 Å². The highest BCUT2D eigenvalue weighted by Crippen LogP contribution is 2.24. The van der Waals surface area contributed by atoms with Crippen molar-refractivity contribution in [2.24, 2.45) is 5.92 Å². The van der Waals surface area contributed by atoms with Gasteiger partial charge in [0.15, 0.2) is 5.16 Å². The minimum absolute atomic E-state index is 0.0314. The zero-order valence-corrected chi connectivity index (χ0v) is 21.6.